The Morgan fingerprint density at radius 2 is 2.24 bits per heavy atom. The zero-order valence-corrected chi connectivity index (χ0v) is 16.1. The summed E-state index contributed by atoms with van der Waals surface area (Å²) in [6.07, 6.45) is 3.44. The number of carbonyl (C=O) groups excluding carboxylic acids is 2. The second kappa shape index (κ2) is 7.26. The average Bonchev–Trinajstić information content (AvgIpc) is 3.19. The van der Waals surface area contributed by atoms with Gasteiger partial charge < -0.3 is 21.7 Å². The topological polar surface area (TPSA) is 96.2 Å². The lowest BCUT2D eigenvalue weighted by molar-refractivity contribution is -0.114. The summed E-state index contributed by atoms with van der Waals surface area (Å²) in [6.45, 7) is 2.93. The monoisotopic (exact) mass is 402 g/mol. The summed E-state index contributed by atoms with van der Waals surface area (Å²) < 4.78 is 30.3. The third-order valence-electron chi connectivity index (χ3n) is 5.92. The van der Waals surface area contributed by atoms with E-state index in [2.05, 4.69) is 16.0 Å². The first kappa shape index (κ1) is 19.6. The molecule has 29 heavy (non-hydrogen) atoms. The minimum Gasteiger partial charge on any atom is -0.402 e. The number of rotatable bonds is 4. The molecule has 4 rings (SSSR count). The maximum absolute atomic E-state index is 16.0. The number of halogens is 2. The van der Waals surface area contributed by atoms with Gasteiger partial charge in [0.15, 0.2) is 5.67 Å². The molecule has 3 atom stereocenters. The minimum absolute atomic E-state index is 0.00242. The van der Waals surface area contributed by atoms with Crippen LogP contribution in [0.1, 0.15) is 48.5 Å². The Labute approximate surface area is 167 Å². The normalized spacial score (nSPS) is 26.9. The van der Waals surface area contributed by atoms with Crippen LogP contribution in [0.4, 0.5) is 14.5 Å². The Balaban J connectivity index is 1.67. The number of hydrogen-bond acceptors (Lipinski definition) is 4. The Kier molecular flexibility index (Phi) is 4.90. The Bertz CT molecular complexity index is 937. The van der Waals surface area contributed by atoms with Gasteiger partial charge in [-0.3, -0.25) is 9.59 Å². The Morgan fingerprint density at radius 1 is 1.45 bits per heavy atom. The fourth-order valence-corrected chi connectivity index (χ4v) is 4.46. The lowest BCUT2D eigenvalue weighted by atomic mass is 9.76. The Morgan fingerprint density at radius 3 is 2.93 bits per heavy atom. The molecule has 1 fully saturated rings. The molecule has 2 heterocycles. The maximum Gasteiger partial charge on any atom is 0.258 e. The van der Waals surface area contributed by atoms with Gasteiger partial charge in [0.2, 0.25) is 0 Å². The molecule has 8 heteroatoms. The molecule has 0 spiro atoms. The number of nitrogens with one attached hydrogen (secondary N) is 3. The van der Waals surface area contributed by atoms with E-state index < -0.39 is 23.0 Å². The van der Waals surface area contributed by atoms with E-state index >= 15 is 4.39 Å². The first-order chi connectivity index (χ1) is 13.8. The predicted molar refractivity (Wildman–Crippen MR) is 105 cm³/mol. The van der Waals surface area contributed by atoms with Crippen LogP contribution in [0.15, 0.2) is 41.4 Å². The standard InChI is InChI=1S/C21H24F2N4O2/c1-2-15(17-4-3-7-25-17)26-19(28)11-5-6-16-13(8-11)21(23)10-12(24)9-14(22)18(21)20(29)27-16/h5-6,8-9,15,17,25H,2-4,7,10,24H2,1H3,(H,26,28)(H,27,29). The van der Waals surface area contributed by atoms with Crippen LogP contribution in [0.2, 0.25) is 0 Å². The van der Waals surface area contributed by atoms with E-state index in [1.54, 1.807) is 0 Å². The van der Waals surface area contributed by atoms with Gasteiger partial charge in [0.25, 0.3) is 11.8 Å². The summed E-state index contributed by atoms with van der Waals surface area (Å²) in [7, 11) is 0. The molecule has 2 amide bonds. The molecule has 0 radical (unpaired) electrons. The summed E-state index contributed by atoms with van der Waals surface area (Å²) in [5, 5.41) is 8.90. The smallest absolute Gasteiger partial charge is 0.258 e. The second-order valence-electron chi connectivity index (χ2n) is 7.83. The number of anilines is 1. The first-order valence-corrected chi connectivity index (χ1v) is 9.89. The van der Waals surface area contributed by atoms with Crippen molar-refractivity contribution in [3.63, 3.8) is 0 Å². The van der Waals surface area contributed by atoms with E-state index in [0.29, 0.717) is 0 Å². The van der Waals surface area contributed by atoms with Gasteiger partial charge in [-0.15, -0.1) is 0 Å². The summed E-state index contributed by atoms with van der Waals surface area (Å²) in [5.41, 5.74) is 3.20. The number of allylic oxidation sites excluding steroid dienone is 3. The van der Waals surface area contributed by atoms with Gasteiger partial charge >= 0.3 is 0 Å². The number of hydrogen-bond donors (Lipinski definition) is 4. The summed E-state index contributed by atoms with van der Waals surface area (Å²) in [5.74, 6) is -2.16. The molecule has 2 aliphatic heterocycles. The van der Waals surface area contributed by atoms with Crippen molar-refractivity contribution < 1.29 is 18.4 Å². The molecule has 0 bridgehead atoms. The molecule has 1 saturated heterocycles. The molecular formula is C21H24F2N4O2. The summed E-state index contributed by atoms with van der Waals surface area (Å²) in [4.78, 5) is 25.1. The van der Waals surface area contributed by atoms with Crippen LogP contribution >= 0.6 is 0 Å². The number of fused-ring (bicyclic) bond motifs is 3. The third-order valence-corrected chi connectivity index (χ3v) is 5.92. The lowest BCUT2D eigenvalue weighted by Crippen LogP contribution is -2.47. The molecule has 1 aromatic carbocycles. The van der Waals surface area contributed by atoms with E-state index in [1.165, 1.54) is 18.2 Å². The molecule has 3 aliphatic rings. The first-order valence-electron chi connectivity index (χ1n) is 9.89. The van der Waals surface area contributed by atoms with Crippen LogP contribution in [-0.4, -0.2) is 30.4 Å². The van der Waals surface area contributed by atoms with Gasteiger partial charge in [-0.25, -0.2) is 8.78 Å². The SMILES string of the molecule is CCC(NC(=O)c1ccc2c(c1)C1(F)CC(N)=CC(F)=C1C(=O)N2)C1CCCN1. The number of carbonyl (C=O) groups is 2. The highest BCUT2D eigenvalue weighted by atomic mass is 19.1. The van der Waals surface area contributed by atoms with E-state index in [9.17, 15) is 14.0 Å². The van der Waals surface area contributed by atoms with Crippen LogP contribution < -0.4 is 21.7 Å². The van der Waals surface area contributed by atoms with Crippen LogP contribution in [0.5, 0.6) is 0 Å². The minimum atomic E-state index is -2.41. The van der Waals surface area contributed by atoms with Crippen LogP contribution in [0.25, 0.3) is 0 Å². The third kappa shape index (κ3) is 3.31. The van der Waals surface area contributed by atoms with E-state index in [0.717, 1.165) is 31.9 Å². The van der Waals surface area contributed by atoms with Crippen LogP contribution in [0, 0.1) is 0 Å². The van der Waals surface area contributed by atoms with Crippen molar-refractivity contribution in [3.05, 3.63) is 52.5 Å². The van der Waals surface area contributed by atoms with Crippen molar-refractivity contribution in [3.8, 4) is 0 Å². The molecule has 3 unspecified atom stereocenters. The average molecular weight is 402 g/mol. The highest BCUT2D eigenvalue weighted by Gasteiger charge is 2.49. The zero-order chi connectivity index (χ0) is 20.8. The molecule has 6 nitrogen and oxygen atoms in total. The number of benzene rings is 1. The van der Waals surface area contributed by atoms with Crippen molar-refractivity contribution in [1.29, 1.82) is 0 Å². The molecule has 154 valence electrons. The molecule has 0 saturated carbocycles. The highest BCUT2D eigenvalue weighted by Crippen LogP contribution is 2.49. The van der Waals surface area contributed by atoms with Gasteiger partial charge in [-0.05, 0) is 50.1 Å². The van der Waals surface area contributed by atoms with E-state index in [-0.39, 0.29) is 46.9 Å². The molecular weight excluding hydrogens is 378 g/mol. The Hall–Kier alpha value is -2.74. The van der Waals surface area contributed by atoms with Crippen molar-refractivity contribution in [2.45, 2.75) is 50.4 Å². The molecule has 5 N–H and O–H groups in total. The fourth-order valence-electron chi connectivity index (χ4n) is 4.46. The van der Waals surface area contributed by atoms with Crippen molar-refractivity contribution in [1.82, 2.24) is 10.6 Å². The highest BCUT2D eigenvalue weighted by molar-refractivity contribution is 6.10. The van der Waals surface area contributed by atoms with Gasteiger partial charge in [-0.1, -0.05) is 6.92 Å². The maximum atomic E-state index is 16.0. The van der Waals surface area contributed by atoms with Gasteiger partial charge in [-0.2, -0.15) is 0 Å². The molecule has 0 aromatic heterocycles. The largest absolute Gasteiger partial charge is 0.402 e. The molecule has 1 aromatic rings. The van der Waals surface area contributed by atoms with E-state index in [4.69, 9.17) is 5.73 Å². The van der Waals surface area contributed by atoms with Crippen molar-refractivity contribution in [2.75, 3.05) is 11.9 Å². The van der Waals surface area contributed by atoms with Crippen molar-refractivity contribution in [2.24, 2.45) is 5.73 Å². The van der Waals surface area contributed by atoms with Gasteiger partial charge in [0.05, 0.1) is 5.57 Å². The van der Waals surface area contributed by atoms with Gasteiger partial charge in [0, 0.05) is 41.0 Å². The lowest BCUT2D eigenvalue weighted by Gasteiger charge is -2.36. The van der Waals surface area contributed by atoms with Crippen molar-refractivity contribution >= 4 is 17.5 Å². The van der Waals surface area contributed by atoms with Crippen LogP contribution in [-0.2, 0) is 10.5 Å². The zero-order valence-electron chi connectivity index (χ0n) is 16.1. The quantitative estimate of drug-likeness (QED) is 0.622. The summed E-state index contributed by atoms with van der Waals surface area (Å²) in [6, 6.07) is 4.55. The fraction of sp³-hybridized carbons (Fsp3) is 0.429. The predicted octanol–water partition coefficient (Wildman–Crippen LogP) is 2.53. The number of amides is 2. The summed E-state index contributed by atoms with van der Waals surface area (Å²) >= 11 is 0. The molecule has 1 aliphatic carbocycles. The van der Waals surface area contributed by atoms with Gasteiger partial charge in [0.1, 0.15) is 5.83 Å². The van der Waals surface area contributed by atoms with E-state index in [1.807, 2.05) is 6.92 Å². The van der Waals surface area contributed by atoms with Crippen LogP contribution in [0.3, 0.4) is 0 Å². The number of alkyl halides is 1. The second-order valence-corrected chi connectivity index (χ2v) is 7.83. The number of nitrogens with two attached hydrogens (primary N) is 1.